The predicted molar refractivity (Wildman–Crippen MR) is 63.0 cm³/mol. The molecule has 1 saturated carbocycles. The molecule has 2 heteroatoms. The van der Waals surface area contributed by atoms with Crippen LogP contribution in [0.1, 0.15) is 52.4 Å². The SMILES string of the molecule is CC(C)CC[C@H]1CNCC2(CCCC2)O1. The Labute approximate surface area is 93.8 Å². The Morgan fingerprint density at radius 1 is 1.33 bits per heavy atom. The van der Waals surface area contributed by atoms with E-state index in [1.807, 2.05) is 0 Å². The maximum Gasteiger partial charge on any atom is 0.0810 e. The molecule has 0 aromatic carbocycles. The molecule has 1 aliphatic heterocycles. The van der Waals surface area contributed by atoms with Crippen LogP contribution in [0, 0.1) is 5.92 Å². The molecule has 0 unspecified atom stereocenters. The second-order valence-corrected chi connectivity index (χ2v) is 5.73. The average molecular weight is 211 g/mol. The first kappa shape index (κ1) is 11.4. The summed E-state index contributed by atoms with van der Waals surface area (Å²) in [5, 5.41) is 3.57. The van der Waals surface area contributed by atoms with Crippen molar-refractivity contribution in [2.75, 3.05) is 13.1 Å². The predicted octanol–water partition coefficient (Wildman–Crippen LogP) is 2.72. The van der Waals surface area contributed by atoms with E-state index in [4.69, 9.17) is 4.74 Å². The molecule has 1 atom stereocenters. The van der Waals surface area contributed by atoms with Gasteiger partial charge in [-0.2, -0.15) is 0 Å². The van der Waals surface area contributed by atoms with Gasteiger partial charge in [-0.15, -0.1) is 0 Å². The molecular formula is C13H25NO. The summed E-state index contributed by atoms with van der Waals surface area (Å²) in [7, 11) is 0. The lowest BCUT2D eigenvalue weighted by Crippen LogP contribution is -2.52. The molecule has 0 radical (unpaired) electrons. The maximum atomic E-state index is 6.32. The lowest BCUT2D eigenvalue weighted by atomic mass is 9.97. The van der Waals surface area contributed by atoms with Gasteiger partial charge >= 0.3 is 0 Å². The number of ether oxygens (including phenoxy) is 1. The number of hydrogen-bond acceptors (Lipinski definition) is 2. The highest BCUT2D eigenvalue weighted by Crippen LogP contribution is 2.36. The van der Waals surface area contributed by atoms with Crippen LogP contribution in [0.5, 0.6) is 0 Å². The molecular weight excluding hydrogens is 186 g/mol. The standard InChI is InChI=1S/C13H25NO/c1-11(2)5-6-12-9-14-10-13(15-12)7-3-4-8-13/h11-12,14H,3-10H2,1-2H3/t12-/m0/s1. The minimum Gasteiger partial charge on any atom is -0.369 e. The van der Waals surface area contributed by atoms with E-state index in [1.54, 1.807) is 0 Å². The third kappa shape index (κ3) is 2.94. The summed E-state index contributed by atoms with van der Waals surface area (Å²) in [4.78, 5) is 0. The fourth-order valence-corrected chi connectivity index (χ4v) is 2.89. The maximum absolute atomic E-state index is 6.32. The topological polar surface area (TPSA) is 21.3 Å². The van der Waals surface area contributed by atoms with Crippen LogP contribution in [0.2, 0.25) is 0 Å². The minimum absolute atomic E-state index is 0.222. The molecule has 0 bridgehead atoms. The number of morpholine rings is 1. The largest absolute Gasteiger partial charge is 0.369 e. The van der Waals surface area contributed by atoms with Crippen LogP contribution in [0.4, 0.5) is 0 Å². The average Bonchev–Trinajstić information content (AvgIpc) is 2.63. The highest BCUT2D eigenvalue weighted by molar-refractivity contribution is 4.93. The van der Waals surface area contributed by atoms with E-state index in [9.17, 15) is 0 Å². The minimum atomic E-state index is 0.222. The van der Waals surface area contributed by atoms with E-state index in [0.717, 1.165) is 19.0 Å². The highest BCUT2D eigenvalue weighted by atomic mass is 16.5. The van der Waals surface area contributed by atoms with Crippen molar-refractivity contribution in [2.45, 2.75) is 64.1 Å². The van der Waals surface area contributed by atoms with E-state index >= 15 is 0 Å². The molecule has 0 aromatic rings. The summed E-state index contributed by atoms with van der Waals surface area (Å²) in [6, 6.07) is 0. The molecule has 1 saturated heterocycles. The lowest BCUT2D eigenvalue weighted by molar-refractivity contribution is -0.115. The van der Waals surface area contributed by atoms with Gasteiger partial charge in [-0.3, -0.25) is 0 Å². The molecule has 15 heavy (non-hydrogen) atoms. The van der Waals surface area contributed by atoms with Gasteiger partial charge in [0.15, 0.2) is 0 Å². The molecule has 2 rings (SSSR count). The Bertz CT molecular complexity index is 197. The molecule has 1 spiro atoms. The zero-order valence-electron chi connectivity index (χ0n) is 10.2. The van der Waals surface area contributed by atoms with Crippen LogP contribution in [0.25, 0.3) is 0 Å². The second kappa shape index (κ2) is 4.84. The summed E-state index contributed by atoms with van der Waals surface area (Å²) in [6.45, 7) is 6.74. The summed E-state index contributed by atoms with van der Waals surface area (Å²) in [6.07, 6.45) is 8.27. The lowest BCUT2D eigenvalue weighted by Gasteiger charge is -2.39. The van der Waals surface area contributed by atoms with Crippen LogP contribution >= 0.6 is 0 Å². The normalized spacial score (nSPS) is 30.2. The van der Waals surface area contributed by atoms with Crippen molar-refractivity contribution in [1.82, 2.24) is 5.32 Å². The van der Waals surface area contributed by atoms with Crippen molar-refractivity contribution in [2.24, 2.45) is 5.92 Å². The van der Waals surface area contributed by atoms with Crippen molar-refractivity contribution in [3.63, 3.8) is 0 Å². The Morgan fingerprint density at radius 3 is 2.73 bits per heavy atom. The van der Waals surface area contributed by atoms with E-state index < -0.39 is 0 Å². The van der Waals surface area contributed by atoms with E-state index in [1.165, 1.54) is 38.5 Å². The Hall–Kier alpha value is -0.0800. The van der Waals surface area contributed by atoms with Gasteiger partial charge in [-0.25, -0.2) is 0 Å². The number of nitrogens with one attached hydrogen (secondary N) is 1. The molecule has 88 valence electrons. The first-order chi connectivity index (χ1) is 7.20. The summed E-state index contributed by atoms with van der Waals surface area (Å²) < 4.78 is 6.32. The monoisotopic (exact) mass is 211 g/mol. The van der Waals surface area contributed by atoms with Gasteiger partial charge in [-0.05, 0) is 31.6 Å². The molecule has 2 aliphatic rings. The van der Waals surface area contributed by atoms with Gasteiger partial charge in [0.2, 0.25) is 0 Å². The zero-order chi connectivity index (χ0) is 10.7. The Balaban J connectivity index is 1.81. The zero-order valence-corrected chi connectivity index (χ0v) is 10.2. The van der Waals surface area contributed by atoms with Crippen molar-refractivity contribution in [1.29, 1.82) is 0 Å². The van der Waals surface area contributed by atoms with Crippen LogP contribution in [0.3, 0.4) is 0 Å². The van der Waals surface area contributed by atoms with Crippen molar-refractivity contribution in [3.05, 3.63) is 0 Å². The van der Waals surface area contributed by atoms with Gasteiger partial charge < -0.3 is 10.1 Å². The van der Waals surface area contributed by atoms with Crippen molar-refractivity contribution in [3.8, 4) is 0 Å². The fourth-order valence-electron chi connectivity index (χ4n) is 2.89. The van der Waals surface area contributed by atoms with E-state index in [0.29, 0.717) is 6.10 Å². The highest BCUT2D eigenvalue weighted by Gasteiger charge is 2.39. The smallest absolute Gasteiger partial charge is 0.0810 e. The van der Waals surface area contributed by atoms with Crippen LogP contribution < -0.4 is 5.32 Å². The number of hydrogen-bond donors (Lipinski definition) is 1. The molecule has 0 amide bonds. The molecule has 0 aromatic heterocycles. The van der Waals surface area contributed by atoms with Crippen molar-refractivity contribution < 1.29 is 4.74 Å². The summed E-state index contributed by atoms with van der Waals surface area (Å²) >= 11 is 0. The summed E-state index contributed by atoms with van der Waals surface area (Å²) in [5.41, 5.74) is 0.222. The van der Waals surface area contributed by atoms with E-state index in [-0.39, 0.29) is 5.60 Å². The summed E-state index contributed by atoms with van der Waals surface area (Å²) in [5.74, 6) is 0.801. The fraction of sp³-hybridized carbons (Fsp3) is 1.00. The Morgan fingerprint density at radius 2 is 2.07 bits per heavy atom. The third-order valence-corrected chi connectivity index (χ3v) is 3.82. The molecule has 1 aliphatic carbocycles. The second-order valence-electron chi connectivity index (χ2n) is 5.73. The van der Waals surface area contributed by atoms with Gasteiger partial charge in [0.1, 0.15) is 0 Å². The molecule has 1 N–H and O–H groups in total. The van der Waals surface area contributed by atoms with Gasteiger partial charge in [0.25, 0.3) is 0 Å². The van der Waals surface area contributed by atoms with Crippen LogP contribution in [0.15, 0.2) is 0 Å². The number of rotatable bonds is 3. The quantitative estimate of drug-likeness (QED) is 0.775. The first-order valence-electron chi connectivity index (χ1n) is 6.59. The van der Waals surface area contributed by atoms with Gasteiger partial charge in [0.05, 0.1) is 11.7 Å². The third-order valence-electron chi connectivity index (χ3n) is 3.82. The molecule has 1 heterocycles. The van der Waals surface area contributed by atoms with Crippen molar-refractivity contribution >= 4 is 0 Å². The molecule has 2 fully saturated rings. The van der Waals surface area contributed by atoms with E-state index in [2.05, 4.69) is 19.2 Å². The Kier molecular flexibility index (Phi) is 3.68. The van der Waals surface area contributed by atoms with Gasteiger partial charge in [0, 0.05) is 13.1 Å². The van der Waals surface area contributed by atoms with Crippen LogP contribution in [-0.4, -0.2) is 24.8 Å². The first-order valence-corrected chi connectivity index (χ1v) is 6.59. The van der Waals surface area contributed by atoms with Crippen LogP contribution in [-0.2, 0) is 4.74 Å². The van der Waals surface area contributed by atoms with Gasteiger partial charge in [-0.1, -0.05) is 26.7 Å². The molecule has 2 nitrogen and oxygen atoms in total.